The Morgan fingerprint density at radius 3 is 2.89 bits per heavy atom. The van der Waals surface area contributed by atoms with Crippen molar-refractivity contribution in [3.8, 4) is 0 Å². The van der Waals surface area contributed by atoms with Gasteiger partial charge in [-0.1, -0.05) is 18.0 Å². The second-order valence-electron chi connectivity index (χ2n) is 4.29. The van der Waals surface area contributed by atoms with Crippen LogP contribution in [0.3, 0.4) is 0 Å². The number of rotatable bonds is 4. The first kappa shape index (κ1) is 16.7. The number of aromatic nitrogens is 1. The van der Waals surface area contributed by atoms with Crippen molar-refractivity contribution in [3.63, 3.8) is 0 Å². The van der Waals surface area contributed by atoms with Crippen LogP contribution in [0.2, 0.25) is 5.02 Å². The van der Waals surface area contributed by atoms with Crippen molar-refractivity contribution in [2.45, 2.75) is 30.3 Å². The van der Waals surface area contributed by atoms with Gasteiger partial charge in [0.15, 0.2) is 5.03 Å². The predicted octanol–water partition coefficient (Wildman–Crippen LogP) is 1.58. The molecule has 1 aromatic rings. The molecule has 0 bridgehead atoms. The van der Waals surface area contributed by atoms with E-state index in [1.807, 2.05) is 0 Å². The van der Waals surface area contributed by atoms with E-state index < -0.39 is 10.0 Å². The monoisotopic (exact) mass is 325 g/mol. The van der Waals surface area contributed by atoms with Crippen molar-refractivity contribution in [2.24, 2.45) is 0 Å². The molecule has 2 rings (SSSR count). The van der Waals surface area contributed by atoms with Crippen molar-refractivity contribution in [3.05, 3.63) is 23.4 Å². The number of halogens is 2. The third kappa shape index (κ3) is 4.57. The van der Waals surface area contributed by atoms with Crippen LogP contribution >= 0.6 is 24.0 Å². The Hall–Kier alpha value is -0.400. The first-order chi connectivity index (χ1) is 8.59. The van der Waals surface area contributed by atoms with Gasteiger partial charge >= 0.3 is 0 Å². The molecule has 0 aromatic carbocycles. The summed E-state index contributed by atoms with van der Waals surface area (Å²) in [6.45, 7) is 1.31. The molecule has 2 N–H and O–H groups in total. The summed E-state index contributed by atoms with van der Waals surface area (Å²) < 4.78 is 26.6. The summed E-state index contributed by atoms with van der Waals surface area (Å²) in [5.41, 5.74) is 0. The second kappa shape index (κ2) is 7.40. The summed E-state index contributed by atoms with van der Waals surface area (Å²) in [5, 5.41) is 3.31. The molecular weight excluding hydrogens is 309 g/mol. The third-order valence-corrected chi connectivity index (χ3v) is 4.71. The van der Waals surface area contributed by atoms with E-state index in [-0.39, 0.29) is 28.5 Å². The van der Waals surface area contributed by atoms with E-state index in [0.29, 0.717) is 6.54 Å². The highest BCUT2D eigenvalue weighted by atomic mass is 35.5. The van der Waals surface area contributed by atoms with Gasteiger partial charge in [-0.2, -0.15) is 0 Å². The number of nitrogens with zero attached hydrogens (tertiary/aromatic N) is 1. The molecule has 8 heteroatoms. The van der Waals surface area contributed by atoms with Crippen LogP contribution in [0.5, 0.6) is 0 Å². The van der Waals surface area contributed by atoms with Crippen LogP contribution in [0.4, 0.5) is 0 Å². The van der Waals surface area contributed by atoms with E-state index >= 15 is 0 Å². The fourth-order valence-corrected chi connectivity index (χ4v) is 3.45. The standard InChI is InChI=1S/C11H16ClN3O2S.ClH/c12-10-5-3-7-14-11(10)18(16,17)15-8-9-4-1-2-6-13-9;/h3,5,7,9,13,15H,1-2,4,6,8H2;1H. The molecule has 5 nitrogen and oxygen atoms in total. The Labute approximate surface area is 124 Å². The van der Waals surface area contributed by atoms with E-state index in [0.717, 1.165) is 25.8 Å². The number of pyridine rings is 1. The second-order valence-corrected chi connectivity index (χ2v) is 6.38. The summed E-state index contributed by atoms with van der Waals surface area (Å²) in [4.78, 5) is 3.81. The minimum absolute atomic E-state index is 0. The Morgan fingerprint density at radius 1 is 1.47 bits per heavy atom. The van der Waals surface area contributed by atoms with Gasteiger partial charge in [0.05, 0.1) is 5.02 Å². The van der Waals surface area contributed by atoms with Crippen molar-refractivity contribution in [1.29, 1.82) is 0 Å². The summed E-state index contributed by atoms with van der Waals surface area (Å²) >= 11 is 5.83. The molecule has 2 heterocycles. The molecule has 1 unspecified atom stereocenters. The van der Waals surface area contributed by atoms with Gasteiger partial charge in [-0.25, -0.2) is 18.1 Å². The summed E-state index contributed by atoms with van der Waals surface area (Å²) in [6.07, 6.45) is 4.68. The molecule has 1 aliphatic rings. The summed E-state index contributed by atoms with van der Waals surface area (Å²) in [7, 11) is -3.62. The summed E-state index contributed by atoms with van der Waals surface area (Å²) in [6, 6.07) is 3.31. The van der Waals surface area contributed by atoms with E-state index in [1.54, 1.807) is 6.07 Å². The molecule has 0 spiro atoms. The number of sulfonamides is 1. The molecule has 1 saturated heterocycles. The number of piperidine rings is 1. The fourth-order valence-electron chi connectivity index (χ4n) is 1.95. The molecule has 0 radical (unpaired) electrons. The maximum absolute atomic E-state index is 12.0. The maximum Gasteiger partial charge on any atom is 0.259 e. The van der Waals surface area contributed by atoms with Gasteiger partial charge < -0.3 is 5.32 Å². The molecule has 1 aromatic heterocycles. The topological polar surface area (TPSA) is 71.1 Å². The van der Waals surface area contributed by atoms with Crippen LogP contribution in [0, 0.1) is 0 Å². The highest BCUT2D eigenvalue weighted by molar-refractivity contribution is 7.89. The third-order valence-electron chi connectivity index (χ3n) is 2.91. The lowest BCUT2D eigenvalue weighted by molar-refractivity contribution is 0.398. The molecule has 108 valence electrons. The minimum atomic E-state index is -3.62. The van der Waals surface area contributed by atoms with Crippen LogP contribution in [-0.2, 0) is 10.0 Å². The van der Waals surface area contributed by atoms with Crippen LogP contribution < -0.4 is 10.0 Å². The molecule has 0 amide bonds. The van der Waals surface area contributed by atoms with E-state index in [2.05, 4.69) is 15.0 Å². The highest BCUT2D eigenvalue weighted by Crippen LogP contribution is 2.17. The minimum Gasteiger partial charge on any atom is -0.313 e. The summed E-state index contributed by atoms with van der Waals surface area (Å²) in [5.74, 6) is 0. The first-order valence-electron chi connectivity index (χ1n) is 5.93. The zero-order chi connectivity index (χ0) is 13.0. The van der Waals surface area contributed by atoms with Gasteiger partial charge in [0.1, 0.15) is 0 Å². The van der Waals surface area contributed by atoms with Gasteiger partial charge in [0, 0.05) is 18.8 Å². The SMILES string of the molecule is Cl.O=S(=O)(NCC1CCCCN1)c1ncccc1Cl. The zero-order valence-corrected chi connectivity index (χ0v) is 12.7. The molecule has 0 saturated carbocycles. The quantitative estimate of drug-likeness (QED) is 0.881. The fraction of sp³-hybridized carbons (Fsp3) is 0.545. The zero-order valence-electron chi connectivity index (χ0n) is 10.3. The molecule has 19 heavy (non-hydrogen) atoms. The number of nitrogens with one attached hydrogen (secondary N) is 2. The van der Waals surface area contributed by atoms with Crippen LogP contribution in [0.15, 0.2) is 23.4 Å². The Kier molecular flexibility index (Phi) is 6.49. The van der Waals surface area contributed by atoms with E-state index in [4.69, 9.17) is 11.6 Å². The van der Waals surface area contributed by atoms with Gasteiger partial charge in [-0.05, 0) is 31.5 Å². The highest BCUT2D eigenvalue weighted by Gasteiger charge is 2.21. The molecule has 1 aliphatic heterocycles. The van der Waals surface area contributed by atoms with Gasteiger partial charge in [-0.15, -0.1) is 12.4 Å². The Balaban J connectivity index is 0.00000180. The van der Waals surface area contributed by atoms with Crippen LogP contribution in [0.1, 0.15) is 19.3 Å². The predicted molar refractivity (Wildman–Crippen MR) is 77.3 cm³/mol. The Bertz CT molecular complexity index is 504. The lowest BCUT2D eigenvalue weighted by Crippen LogP contribution is -2.43. The lowest BCUT2D eigenvalue weighted by Gasteiger charge is -2.23. The average molecular weight is 326 g/mol. The molecule has 1 atom stereocenters. The molecular formula is C11H17Cl2N3O2S. The van der Waals surface area contributed by atoms with Crippen molar-refractivity contribution < 1.29 is 8.42 Å². The van der Waals surface area contributed by atoms with Gasteiger partial charge in [-0.3, -0.25) is 0 Å². The molecule has 0 aliphatic carbocycles. The van der Waals surface area contributed by atoms with Crippen molar-refractivity contribution in [2.75, 3.05) is 13.1 Å². The normalized spacial score (nSPS) is 19.7. The average Bonchev–Trinajstić information content (AvgIpc) is 2.38. The largest absolute Gasteiger partial charge is 0.313 e. The van der Waals surface area contributed by atoms with Crippen molar-refractivity contribution in [1.82, 2.24) is 15.0 Å². The number of hydrogen-bond acceptors (Lipinski definition) is 4. The van der Waals surface area contributed by atoms with Crippen LogP contribution in [-0.4, -0.2) is 32.5 Å². The Morgan fingerprint density at radius 2 is 2.26 bits per heavy atom. The van der Waals surface area contributed by atoms with Crippen molar-refractivity contribution >= 4 is 34.0 Å². The first-order valence-corrected chi connectivity index (χ1v) is 7.79. The van der Waals surface area contributed by atoms with Crippen LogP contribution in [0.25, 0.3) is 0 Å². The molecule has 1 fully saturated rings. The smallest absolute Gasteiger partial charge is 0.259 e. The van der Waals surface area contributed by atoms with E-state index in [9.17, 15) is 8.42 Å². The van der Waals surface area contributed by atoms with Gasteiger partial charge in [0.25, 0.3) is 10.0 Å². The number of hydrogen-bond donors (Lipinski definition) is 2. The maximum atomic E-state index is 12.0. The van der Waals surface area contributed by atoms with E-state index in [1.165, 1.54) is 12.3 Å². The lowest BCUT2D eigenvalue weighted by atomic mass is 10.1. The van der Waals surface area contributed by atoms with Gasteiger partial charge in [0.2, 0.25) is 0 Å².